The lowest BCUT2D eigenvalue weighted by Crippen LogP contribution is -2.18. The van der Waals surface area contributed by atoms with Crippen molar-refractivity contribution in [1.82, 2.24) is 0 Å². The topological polar surface area (TPSA) is 52.6 Å². The van der Waals surface area contributed by atoms with E-state index in [4.69, 9.17) is 8.92 Å². The van der Waals surface area contributed by atoms with E-state index >= 15 is 0 Å². The van der Waals surface area contributed by atoms with Gasteiger partial charge < -0.3 is 4.74 Å². The third-order valence-corrected chi connectivity index (χ3v) is 6.97. The number of rotatable bonds is 27. The Bertz CT molecular complexity index is 530. The highest BCUT2D eigenvalue weighted by Crippen LogP contribution is 2.15. The van der Waals surface area contributed by atoms with Gasteiger partial charge in [0.05, 0.1) is 19.0 Å². The van der Waals surface area contributed by atoms with Crippen molar-refractivity contribution >= 4 is 10.1 Å². The van der Waals surface area contributed by atoms with Crippen LogP contribution in [0.25, 0.3) is 0 Å². The van der Waals surface area contributed by atoms with Crippen LogP contribution in [-0.4, -0.2) is 34.0 Å². The quantitative estimate of drug-likeness (QED) is 0.0638. The fourth-order valence-corrected chi connectivity index (χ4v) is 4.62. The third kappa shape index (κ3) is 27.9. The maximum atomic E-state index is 11.3. The zero-order valence-corrected chi connectivity index (χ0v) is 23.9. The van der Waals surface area contributed by atoms with E-state index in [-0.39, 0.29) is 12.7 Å². The second-order valence-corrected chi connectivity index (χ2v) is 11.6. The smallest absolute Gasteiger partial charge is 0.264 e. The number of ether oxygens (including phenoxy) is 1. The first-order valence-corrected chi connectivity index (χ1v) is 16.4. The van der Waals surface area contributed by atoms with E-state index in [1.807, 2.05) is 0 Å². The first-order chi connectivity index (χ1) is 16.5. The van der Waals surface area contributed by atoms with Gasteiger partial charge in [0.2, 0.25) is 0 Å². The highest BCUT2D eigenvalue weighted by molar-refractivity contribution is 7.85. The van der Waals surface area contributed by atoms with Gasteiger partial charge in [0.1, 0.15) is 0 Å². The zero-order valence-electron chi connectivity index (χ0n) is 23.0. The molecule has 0 saturated heterocycles. The molecule has 0 amide bonds. The van der Waals surface area contributed by atoms with Gasteiger partial charge in [-0.15, -0.1) is 0 Å². The molecule has 0 radical (unpaired) electrons. The van der Waals surface area contributed by atoms with Crippen LogP contribution in [0, 0.1) is 0 Å². The molecule has 34 heavy (non-hydrogen) atoms. The average Bonchev–Trinajstić information content (AvgIpc) is 2.79. The molecule has 0 aromatic carbocycles. The molecule has 0 aromatic rings. The molecule has 0 unspecified atom stereocenters. The van der Waals surface area contributed by atoms with Crippen molar-refractivity contribution in [3.8, 4) is 0 Å². The van der Waals surface area contributed by atoms with Gasteiger partial charge in [-0.1, -0.05) is 116 Å². The average molecular weight is 503 g/mol. The number of unbranched alkanes of at least 4 members (excludes halogenated alkanes) is 16. The molecule has 0 heterocycles. The third-order valence-electron chi connectivity index (χ3n) is 6.38. The molecule has 0 bridgehead atoms. The minimum Gasteiger partial charge on any atom is -0.378 e. The van der Waals surface area contributed by atoms with Crippen molar-refractivity contribution in [2.75, 3.05) is 19.5 Å². The second-order valence-electron chi connectivity index (χ2n) is 9.95. The van der Waals surface area contributed by atoms with E-state index in [1.165, 1.54) is 109 Å². The van der Waals surface area contributed by atoms with Crippen molar-refractivity contribution < 1.29 is 17.3 Å². The SMILES string of the molecule is CCCCCC/C=C\CCCCCCO[C@H](CCCCCCCCCCC)CCOS(C)(=O)=O. The molecular formula is C29H58O4S. The second kappa shape index (κ2) is 25.7. The van der Waals surface area contributed by atoms with Crippen molar-refractivity contribution in [3.05, 3.63) is 12.2 Å². The van der Waals surface area contributed by atoms with Gasteiger partial charge in [-0.3, -0.25) is 4.18 Å². The summed E-state index contributed by atoms with van der Waals surface area (Å²) in [5.74, 6) is 0. The Kier molecular flexibility index (Phi) is 25.4. The van der Waals surface area contributed by atoms with Crippen LogP contribution in [0.15, 0.2) is 12.2 Å². The van der Waals surface area contributed by atoms with E-state index in [2.05, 4.69) is 26.0 Å². The molecule has 5 heteroatoms. The van der Waals surface area contributed by atoms with Crippen LogP contribution in [0.3, 0.4) is 0 Å². The van der Waals surface area contributed by atoms with Crippen LogP contribution in [0.5, 0.6) is 0 Å². The molecule has 1 atom stereocenters. The highest BCUT2D eigenvalue weighted by Gasteiger charge is 2.11. The monoisotopic (exact) mass is 502 g/mol. The fraction of sp³-hybridized carbons (Fsp3) is 0.931. The molecule has 4 nitrogen and oxygen atoms in total. The largest absolute Gasteiger partial charge is 0.378 e. The number of allylic oxidation sites excluding steroid dienone is 2. The molecule has 0 saturated carbocycles. The summed E-state index contributed by atoms with van der Waals surface area (Å²) in [6, 6.07) is 0. The van der Waals surface area contributed by atoms with Gasteiger partial charge in [-0.2, -0.15) is 8.42 Å². The molecule has 0 fully saturated rings. The van der Waals surface area contributed by atoms with Gasteiger partial charge in [0.15, 0.2) is 0 Å². The minimum absolute atomic E-state index is 0.113. The molecule has 0 spiro atoms. The van der Waals surface area contributed by atoms with Crippen molar-refractivity contribution in [3.63, 3.8) is 0 Å². The Balaban J connectivity index is 3.85. The van der Waals surface area contributed by atoms with Crippen LogP contribution in [0.2, 0.25) is 0 Å². The summed E-state index contributed by atoms with van der Waals surface area (Å²) in [6.45, 7) is 5.52. The van der Waals surface area contributed by atoms with Crippen molar-refractivity contribution in [1.29, 1.82) is 0 Å². The molecule has 0 aliphatic rings. The molecule has 0 N–H and O–H groups in total. The summed E-state index contributed by atoms with van der Waals surface area (Å²) in [5, 5.41) is 0. The summed E-state index contributed by atoms with van der Waals surface area (Å²) in [5.41, 5.74) is 0. The zero-order chi connectivity index (χ0) is 25.2. The summed E-state index contributed by atoms with van der Waals surface area (Å²) < 4.78 is 33.6. The van der Waals surface area contributed by atoms with Crippen LogP contribution in [0.4, 0.5) is 0 Å². The maximum Gasteiger partial charge on any atom is 0.264 e. The lowest BCUT2D eigenvalue weighted by molar-refractivity contribution is 0.0294. The Labute approximate surface area is 213 Å². The number of hydrogen-bond donors (Lipinski definition) is 0. The van der Waals surface area contributed by atoms with Gasteiger partial charge in [-0.25, -0.2) is 0 Å². The van der Waals surface area contributed by atoms with Crippen LogP contribution < -0.4 is 0 Å². The first-order valence-electron chi connectivity index (χ1n) is 14.6. The maximum absolute atomic E-state index is 11.3. The summed E-state index contributed by atoms with van der Waals surface area (Å²) >= 11 is 0. The molecule has 204 valence electrons. The van der Waals surface area contributed by atoms with Crippen molar-refractivity contribution in [2.45, 2.75) is 155 Å². The van der Waals surface area contributed by atoms with E-state index in [0.717, 1.165) is 32.1 Å². The van der Waals surface area contributed by atoms with Gasteiger partial charge in [0, 0.05) is 6.61 Å². The van der Waals surface area contributed by atoms with E-state index < -0.39 is 10.1 Å². The van der Waals surface area contributed by atoms with E-state index in [1.54, 1.807) is 0 Å². The Morgan fingerprint density at radius 2 is 1.06 bits per heavy atom. The van der Waals surface area contributed by atoms with Crippen LogP contribution in [0.1, 0.15) is 149 Å². The fourth-order valence-electron chi connectivity index (χ4n) is 4.22. The molecule has 0 aliphatic carbocycles. The lowest BCUT2D eigenvalue weighted by atomic mass is 10.0. The summed E-state index contributed by atoms with van der Waals surface area (Å²) in [6.07, 6.45) is 32.0. The predicted molar refractivity (Wildman–Crippen MR) is 148 cm³/mol. The summed E-state index contributed by atoms with van der Waals surface area (Å²) in [4.78, 5) is 0. The highest BCUT2D eigenvalue weighted by atomic mass is 32.2. The van der Waals surface area contributed by atoms with Gasteiger partial charge >= 0.3 is 0 Å². The molecule has 0 rings (SSSR count). The van der Waals surface area contributed by atoms with Gasteiger partial charge in [-0.05, 0) is 44.9 Å². The minimum atomic E-state index is -3.37. The van der Waals surface area contributed by atoms with E-state index in [9.17, 15) is 8.42 Å². The molecule has 0 aliphatic heterocycles. The summed E-state index contributed by atoms with van der Waals surface area (Å²) in [7, 11) is -3.37. The van der Waals surface area contributed by atoms with Crippen LogP contribution >= 0.6 is 0 Å². The standard InChI is InChI=1S/C29H58O4S/c1-4-6-8-10-12-14-15-16-18-20-22-24-27-32-29(26-28-33-34(3,30)31)25-23-21-19-17-13-11-9-7-5-2/h14-15,29H,4-13,16-28H2,1-3H3/b15-14-/t29-/m1/s1. The number of hydrogen-bond acceptors (Lipinski definition) is 4. The Morgan fingerprint density at radius 1 is 0.588 bits per heavy atom. The van der Waals surface area contributed by atoms with Crippen LogP contribution in [-0.2, 0) is 19.0 Å². The van der Waals surface area contributed by atoms with E-state index in [0.29, 0.717) is 6.42 Å². The van der Waals surface area contributed by atoms with Crippen molar-refractivity contribution in [2.24, 2.45) is 0 Å². The molecule has 0 aromatic heterocycles. The predicted octanol–water partition coefficient (Wildman–Crippen LogP) is 9.14. The normalized spacial score (nSPS) is 13.1. The molecular weight excluding hydrogens is 444 g/mol. The Hall–Kier alpha value is -0.390. The Morgan fingerprint density at radius 3 is 1.62 bits per heavy atom. The lowest BCUT2D eigenvalue weighted by Gasteiger charge is -2.18. The first kappa shape index (κ1) is 33.6. The van der Waals surface area contributed by atoms with Gasteiger partial charge in [0.25, 0.3) is 10.1 Å².